The Hall–Kier alpha value is -2.68. The van der Waals surface area contributed by atoms with Crippen molar-refractivity contribution in [3.63, 3.8) is 0 Å². The summed E-state index contributed by atoms with van der Waals surface area (Å²) >= 11 is 0. The summed E-state index contributed by atoms with van der Waals surface area (Å²) in [5, 5.41) is 4.17. The number of rotatable bonds is 4. The molecule has 3 rings (SSSR count). The van der Waals surface area contributed by atoms with E-state index in [-0.39, 0.29) is 0 Å². The standard InChI is InChI=1S/C18H17NO2/c1-19-15-7-3-13(4-8-15)5-9-17-11-14-6-10-16(20-2)12-18(14)21-17/h3-12,19H,1-2H3/b9-5+. The molecule has 0 aliphatic heterocycles. The molecule has 0 atom stereocenters. The van der Waals surface area contributed by atoms with Crippen molar-refractivity contribution in [2.45, 2.75) is 0 Å². The molecule has 3 aromatic rings. The minimum absolute atomic E-state index is 0.801. The van der Waals surface area contributed by atoms with Crippen LogP contribution in [-0.2, 0) is 0 Å². The predicted octanol–water partition coefficient (Wildman–Crippen LogP) is 4.65. The molecule has 0 aliphatic carbocycles. The van der Waals surface area contributed by atoms with Gasteiger partial charge in [0.2, 0.25) is 0 Å². The molecule has 21 heavy (non-hydrogen) atoms. The maximum atomic E-state index is 5.80. The summed E-state index contributed by atoms with van der Waals surface area (Å²) in [7, 11) is 3.56. The Labute approximate surface area is 123 Å². The molecular formula is C18H17NO2. The molecule has 0 bridgehead atoms. The molecule has 0 saturated heterocycles. The first-order valence-corrected chi connectivity index (χ1v) is 6.82. The Bertz CT molecular complexity index is 770. The summed E-state index contributed by atoms with van der Waals surface area (Å²) in [5.41, 5.74) is 3.06. The SMILES string of the molecule is CNc1ccc(/C=C/c2cc3ccc(OC)cc3o2)cc1. The van der Waals surface area contributed by atoms with Gasteiger partial charge in [-0.3, -0.25) is 0 Å². The molecule has 3 nitrogen and oxygen atoms in total. The third-order valence-corrected chi connectivity index (χ3v) is 3.39. The van der Waals surface area contributed by atoms with Crippen LogP contribution in [0.4, 0.5) is 5.69 Å². The normalized spacial score (nSPS) is 11.1. The number of fused-ring (bicyclic) bond motifs is 1. The first-order chi connectivity index (χ1) is 10.3. The molecule has 3 heteroatoms. The fraction of sp³-hybridized carbons (Fsp3) is 0.111. The minimum atomic E-state index is 0.801. The van der Waals surface area contributed by atoms with E-state index in [1.807, 2.05) is 55.6 Å². The van der Waals surface area contributed by atoms with Crippen LogP contribution in [0.1, 0.15) is 11.3 Å². The van der Waals surface area contributed by atoms with Crippen molar-refractivity contribution < 1.29 is 9.15 Å². The molecule has 0 radical (unpaired) electrons. The first kappa shape index (κ1) is 13.3. The quantitative estimate of drug-likeness (QED) is 0.754. The van der Waals surface area contributed by atoms with Gasteiger partial charge < -0.3 is 14.5 Å². The van der Waals surface area contributed by atoms with Crippen molar-refractivity contribution in [3.8, 4) is 5.75 Å². The summed E-state index contributed by atoms with van der Waals surface area (Å²) in [6, 6.07) is 16.1. The van der Waals surface area contributed by atoms with Gasteiger partial charge in [-0.25, -0.2) is 0 Å². The van der Waals surface area contributed by atoms with E-state index in [9.17, 15) is 0 Å². The van der Waals surface area contributed by atoms with Crippen LogP contribution in [0, 0.1) is 0 Å². The largest absolute Gasteiger partial charge is 0.497 e. The second-order valence-corrected chi connectivity index (χ2v) is 4.76. The first-order valence-electron chi connectivity index (χ1n) is 6.82. The third-order valence-electron chi connectivity index (χ3n) is 3.39. The Kier molecular flexibility index (Phi) is 3.65. The summed E-state index contributed by atoms with van der Waals surface area (Å²) in [4.78, 5) is 0. The fourth-order valence-electron chi connectivity index (χ4n) is 2.18. The lowest BCUT2D eigenvalue weighted by atomic mass is 10.2. The molecule has 0 aliphatic rings. The van der Waals surface area contributed by atoms with Gasteiger partial charge in [0.25, 0.3) is 0 Å². The van der Waals surface area contributed by atoms with Gasteiger partial charge in [0.05, 0.1) is 7.11 Å². The third kappa shape index (κ3) is 2.92. The topological polar surface area (TPSA) is 34.4 Å². The summed E-state index contributed by atoms with van der Waals surface area (Å²) in [6.45, 7) is 0. The number of hydrogen-bond donors (Lipinski definition) is 1. The summed E-state index contributed by atoms with van der Waals surface area (Å²) < 4.78 is 11.0. The summed E-state index contributed by atoms with van der Waals surface area (Å²) in [6.07, 6.45) is 4.01. The number of benzene rings is 2. The number of ether oxygens (including phenoxy) is 1. The molecule has 0 saturated carbocycles. The van der Waals surface area contributed by atoms with Gasteiger partial charge in [0, 0.05) is 24.2 Å². The highest BCUT2D eigenvalue weighted by molar-refractivity contribution is 5.83. The maximum Gasteiger partial charge on any atom is 0.138 e. The van der Waals surface area contributed by atoms with Crippen molar-refractivity contribution in [1.82, 2.24) is 0 Å². The van der Waals surface area contributed by atoms with Crippen LogP contribution < -0.4 is 10.1 Å². The van der Waals surface area contributed by atoms with E-state index in [1.54, 1.807) is 7.11 Å². The zero-order valence-corrected chi connectivity index (χ0v) is 12.1. The fourth-order valence-corrected chi connectivity index (χ4v) is 2.18. The van der Waals surface area contributed by atoms with Crippen LogP contribution in [-0.4, -0.2) is 14.2 Å². The highest BCUT2D eigenvalue weighted by Gasteiger charge is 2.02. The van der Waals surface area contributed by atoms with E-state index in [4.69, 9.17) is 9.15 Å². The molecule has 0 spiro atoms. The van der Waals surface area contributed by atoms with Crippen LogP contribution >= 0.6 is 0 Å². The van der Waals surface area contributed by atoms with Gasteiger partial charge in [0.1, 0.15) is 17.1 Å². The predicted molar refractivity (Wildman–Crippen MR) is 87.7 cm³/mol. The van der Waals surface area contributed by atoms with Crippen molar-refractivity contribution in [2.75, 3.05) is 19.5 Å². The molecule has 1 aromatic heterocycles. The van der Waals surface area contributed by atoms with E-state index in [2.05, 4.69) is 17.4 Å². The average Bonchev–Trinajstić information content (AvgIpc) is 2.95. The molecular weight excluding hydrogens is 262 g/mol. The van der Waals surface area contributed by atoms with Crippen LogP contribution in [0.3, 0.4) is 0 Å². The highest BCUT2D eigenvalue weighted by Crippen LogP contribution is 2.25. The number of furan rings is 1. The molecule has 2 aromatic carbocycles. The molecule has 0 fully saturated rings. The van der Waals surface area contributed by atoms with Crippen LogP contribution in [0.15, 0.2) is 52.9 Å². The summed E-state index contributed by atoms with van der Waals surface area (Å²) in [5.74, 6) is 1.63. The average molecular weight is 279 g/mol. The van der Waals surface area contributed by atoms with Crippen LogP contribution in [0.5, 0.6) is 5.75 Å². The van der Waals surface area contributed by atoms with E-state index >= 15 is 0 Å². The smallest absolute Gasteiger partial charge is 0.138 e. The number of methoxy groups -OCH3 is 1. The van der Waals surface area contributed by atoms with Gasteiger partial charge in [-0.1, -0.05) is 18.2 Å². The van der Waals surface area contributed by atoms with Gasteiger partial charge in [-0.2, -0.15) is 0 Å². The van der Waals surface area contributed by atoms with Gasteiger partial charge in [-0.15, -0.1) is 0 Å². The van der Waals surface area contributed by atoms with Crippen molar-refractivity contribution >= 4 is 28.8 Å². The lowest BCUT2D eigenvalue weighted by Gasteiger charge is -1.99. The Balaban J connectivity index is 1.84. The molecule has 0 amide bonds. The highest BCUT2D eigenvalue weighted by atomic mass is 16.5. The van der Waals surface area contributed by atoms with Gasteiger partial charge >= 0.3 is 0 Å². The lowest BCUT2D eigenvalue weighted by molar-refractivity contribution is 0.414. The zero-order valence-electron chi connectivity index (χ0n) is 12.1. The van der Waals surface area contributed by atoms with Crippen molar-refractivity contribution in [1.29, 1.82) is 0 Å². The monoisotopic (exact) mass is 279 g/mol. The zero-order chi connectivity index (χ0) is 14.7. The van der Waals surface area contributed by atoms with E-state index < -0.39 is 0 Å². The second-order valence-electron chi connectivity index (χ2n) is 4.76. The minimum Gasteiger partial charge on any atom is -0.497 e. The van der Waals surface area contributed by atoms with Crippen LogP contribution in [0.2, 0.25) is 0 Å². The second kappa shape index (κ2) is 5.75. The number of hydrogen-bond acceptors (Lipinski definition) is 3. The molecule has 0 unspecified atom stereocenters. The molecule has 1 N–H and O–H groups in total. The molecule has 106 valence electrons. The van der Waals surface area contributed by atoms with Gasteiger partial charge in [-0.05, 0) is 42.0 Å². The Morgan fingerprint density at radius 3 is 2.52 bits per heavy atom. The Morgan fingerprint density at radius 2 is 1.81 bits per heavy atom. The molecule has 1 heterocycles. The lowest BCUT2D eigenvalue weighted by Crippen LogP contribution is -1.86. The van der Waals surface area contributed by atoms with E-state index in [0.717, 1.165) is 33.7 Å². The van der Waals surface area contributed by atoms with E-state index in [1.165, 1.54) is 0 Å². The number of anilines is 1. The van der Waals surface area contributed by atoms with E-state index in [0.29, 0.717) is 0 Å². The van der Waals surface area contributed by atoms with Gasteiger partial charge in [0.15, 0.2) is 0 Å². The van der Waals surface area contributed by atoms with Crippen molar-refractivity contribution in [3.05, 3.63) is 59.9 Å². The number of nitrogens with one attached hydrogen (secondary N) is 1. The maximum absolute atomic E-state index is 5.80. The van der Waals surface area contributed by atoms with Crippen molar-refractivity contribution in [2.24, 2.45) is 0 Å². The Morgan fingerprint density at radius 1 is 1.00 bits per heavy atom. The van der Waals surface area contributed by atoms with Crippen LogP contribution in [0.25, 0.3) is 23.1 Å².